The number of aromatic nitrogens is 1. The van der Waals surface area contributed by atoms with Gasteiger partial charge in [0.15, 0.2) is 0 Å². The number of sulfonamides is 1. The Bertz CT molecular complexity index is 963. The number of ether oxygens (including phenoxy) is 1. The number of nitrogens with zero attached hydrogens (tertiary/aromatic N) is 1. The molecule has 0 aliphatic heterocycles. The van der Waals surface area contributed by atoms with Gasteiger partial charge in [-0.25, -0.2) is 22.5 Å². The van der Waals surface area contributed by atoms with E-state index in [4.69, 9.17) is 4.74 Å². The summed E-state index contributed by atoms with van der Waals surface area (Å²) in [5.74, 6) is 0.384. The molecule has 128 valence electrons. The molecule has 0 aliphatic rings. The van der Waals surface area contributed by atoms with Gasteiger partial charge in [0.05, 0.1) is 4.90 Å². The molecule has 0 aliphatic carbocycles. The Morgan fingerprint density at radius 1 is 1.00 bits per heavy atom. The second-order valence-electron chi connectivity index (χ2n) is 5.20. The second-order valence-corrected chi connectivity index (χ2v) is 6.97. The third kappa shape index (κ3) is 4.62. The topological polar surface area (TPSA) is 68.3 Å². The standard InChI is InChI=1S/C18H15FN2O3S/c19-15-6-4-8-17(12-15)25(22,23)21-13-14-5-3-7-16(11-14)24-18-9-1-2-10-20-18/h1-12,21H,13H2. The molecule has 0 atom stereocenters. The lowest BCUT2D eigenvalue weighted by Gasteiger charge is -2.09. The molecule has 0 bridgehead atoms. The number of hydrogen-bond acceptors (Lipinski definition) is 4. The molecule has 5 nitrogen and oxygen atoms in total. The Hall–Kier alpha value is -2.77. The number of halogens is 1. The molecule has 0 spiro atoms. The Kier molecular flexibility index (Phi) is 5.06. The molecule has 2 aromatic carbocycles. The van der Waals surface area contributed by atoms with Crippen molar-refractivity contribution >= 4 is 10.0 Å². The average Bonchev–Trinajstić information content (AvgIpc) is 2.61. The lowest BCUT2D eigenvalue weighted by molar-refractivity contribution is 0.462. The van der Waals surface area contributed by atoms with Crippen LogP contribution in [0.1, 0.15) is 5.56 Å². The predicted octanol–water partition coefficient (Wildman–Crippen LogP) is 3.49. The zero-order valence-electron chi connectivity index (χ0n) is 13.1. The highest BCUT2D eigenvalue weighted by Crippen LogP contribution is 2.20. The smallest absolute Gasteiger partial charge is 0.240 e. The van der Waals surface area contributed by atoms with E-state index in [9.17, 15) is 12.8 Å². The van der Waals surface area contributed by atoms with Crippen molar-refractivity contribution in [1.82, 2.24) is 9.71 Å². The summed E-state index contributed by atoms with van der Waals surface area (Å²) in [6.45, 7) is 0.0538. The summed E-state index contributed by atoms with van der Waals surface area (Å²) in [7, 11) is -3.80. The van der Waals surface area contributed by atoms with Gasteiger partial charge >= 0.3 is 0 Å². The van der Waals surface area contributed by atoms with E-state index in [-0.39, 0.29) is 11.4 Å². The largest absolute Gasteiger partial charge is 0.439 e. The van der Waals surface area contributed by atoms with Crippen LogP contribution in [0.15, 0.2) is 77.8 Å². The minimum absolute atomic E-state index is 0.0538. The van der Waals surface area contributed by atoms with E-state index in [1.807, 2.05) is 0 Å². The second kappa shape index (κ2) is 7.42. The van der Waals surface area contributed by atoms with Crippen LogP contribution in [0.3, 0.4) is 0 Å². The monoisotopic (exact) mass is 358 g/mol. The zero-order valence-corrected chi connectivity index (χ0v) is 13.9. The molecule has 0 unspecified atom stereocenters. The first-order valence-electron chi connectivity index (χ1n) is 7.46. The number of nitrogens with one attached hydrogen (secondary N) is 1. The van der Waals surface area contributed by atoms with Gasteiger partial charge < -0.3 is 4.74 Å². The van der Waals surface area contributed by atoms with Gasteiger partial charge in [0.1, 0.15) is 11.6 Å². The third-order valence-corrected chi connectivity index (χ3v) is 4.73. The van der Waals surface area contributed by atoms with Gasteiger partial charge in [0, 0.05) is 18.8 Å². The summed E-state index contributed by atoms with van der Waals surface area (Å²) in [4.78, 5) is 3.95. The molecule has 25 heavy (non-hydrogen) atoms. The van der Waals surface area contributed by atoms with Crippen molar-refractivity contribution in [2.45, 2.75) is 11.4 Å². The lowest BCUT2D eigenvalue weighted by Crippen LogP contribution is -2.23. The summed E-state index contributed by atoms with van der Waals surface area (Å²) in [6, 6.07) is 17.1. The molecular weight excluding hydrogens is 343 g/mol. The van der Waals surface area contributed by atoms with Crippen LogP contribution in [0.2, 0.25) is 0 Å². The maximum absolute atomic E-state index is 13.2. The summed E-state index contributed by atoms with van der Waals surface area (Å²) >= 11 is 0. The molecule has 0 fully saturated rings. The summed E-state index contributed by atoms with van der Waals surface area (Å²) in [5.41, 5.74) is 0.702. The van der Waals surface area contributed by atoms with Crippen molar-refractivity contribution < 1.29 is 17.5 Å². The summed E-state index contributed by atoms with van der Waals surface area (Å²) in [6.07, 6.45) is 1.62. The number of benzene rings is 2. The Balaban J connectivity index is 1.70. The van der Waals surface area contributed by atoms with E-state index >= 15 is 0 Å². The Labute approximate surface area is 145 Å². The van der Waals surface area contributed by atoms with Crippen LogP contribution in [0.25, 0.3) is 0 Å². The maximum atomic E-state index is 13.2. The van der Waals surface area contributed by atoms with Gasteiger partial charge in [0.2, 0.25) is 15.9 Å². The first-order chi connectivity index (χ1) is 12.0. The van der Waals surface area contributed by atoms with Crippen LogP contribution in [-0.2, 0) is 16.6 Å². The van der Waals surface area contributed by atoms with Gasteiger partial charge in [-0.2, -0.15) is 0 Å². The molecule has 1 N–H and O–H groups in total. The van der Waals surface area contributed by atoms with E-state index in [1.165, 1.54) is 18.2 Å². The van der Waals surface area contributed by atoms with Crippen molar-refractivity contribution in [3.05, 3.63) is 84.3 Å². The van der Waals surface area contributed by atoms with Crippen LogP contribution in [0.5, 0.6) is 11.6 Å². The lowest BCUT2D eigenvalue weighted by atomic mass is 10.2. The Morgan fingerprint density at radius 2 is 1.84 bits per heavy atom. The predicted molar refractivity (Wildman–Crippen MR) is 91.2 cm³/mol. The molecule has 3 rings (SSSR count). The summed E-state index contributed by atoms with van der Waals surface area (Å²) < 4.78 is 45.7. The van der Waals surface area contributed by atoms with Gasteiger partial charge in [-0.3, -0.25) is 0 Å². The molecule has 3 aromatic rings. The fraction of sp³-hybridized carbons (Fsp3) is 0.0556. The molecular formula is C18H15FN2O3S. The highest BCUT2D eigenvalue weighted by molar-refractivity contribution is 7.89. The molecule has 0 radical (unpaired) electrons. The van der Waals surface area contributed by atoms with E-state index < -0.39 is 15.8 Å². The minimum Gasteiger partial charge on any atom is -0.439 e. The van der Waals surface area contributed by atoms with E-state index in [0.717, 1.165) is 6.07 Å². The van der Waals surface area contributed by atoms with Gasteiger partial charge in [-0.1, -0.05) is 24.3 Å². The SMILES string of the molecule is O=S(=O)(NCc1cccc(Oc2ccccn2)c1)c1cccc(F)c1. The van der Waals surface area contributed by atoms with Crippen LogP contribution in [-0.4, -0.2) is 13.4 Å². The number of pyridine rings is 1. The molecule has 0 saturated carbocycles. The summed E-state index contributed by atoms with van der Waals surface area (Å²) in [5, 5.41) is 0. The molecule has 1 heterocycles. The van der Waals surface area contributed by atoms with Crippen molar-refractivity contribution in [2.75, 3.05) is 0 Å². The highest BCUT2D eigenvalue weighted by atomic mass is 32.2. The molecule has 0 saturated heterocycles. The van der Waals surface area contributed by atoms with E-state index in [0.29, 0.717) is 17.2 Å². The van der Waals surface area contributed by atoms with Crippen LogP contribution in [0, 0.1) is 5.82 Å². The fourth-order valence-corrected chi connectivity index (χ4v) is 3.19. The molecule has 7 heteroatoms. The van der Waals surface area contributed by atoms with E-state index in [2.05, 4.69) is 9.71 Å². The first kappa shape index (κ1) is 17.1. The zero-order chi connectivity index (χ0) is 17.7. The highest BCUT2D eigenvalue weighted by Gasteiger charge is 2.14. The Morgan fingerprint density at radius 3 is 2.60 bits per heavy atom. The van der Waals surface area contributed by atoms with Crippen molar-refractivity contribution in [3.8, 4) is 11.6 Å². The first-order valence-corrected chi connectivity index (χ1v) is 8.94. The number of rotatable bonds is 6. The van der Waals surface area contributed by atoms with Gasteiger partial charge in [-0.05, 0) is 42.0 Å². The quantitative estimate of drug-likeness (QED) is 0.732. The molecule has 1 aromatic heterocycles. The number of hydrogen-bond donors (Lipinski definition) is 1. The maximum Gasteiger partial charge on any atom is 0.240 e. The van der Waals surface area contributed by atoms with Crippen molar-refractivity contribution in [1.29, 1.82) is 0 Å². The van der Waals surface area contributed by atoms with Crippen LogP contribution in [0.4, 0.5) is 4.39 Å². The van der Waals surface area contributed by atoms with Gasteiger partial charge in [0.25, 0.3) is 0 Å². The molecule has 0 amide bonds. The van der Waals surface area contributed by atoms with Crippen LogP contribution < -0.4 is 9.46 Å². The fourth-order valence-electron chi connectivity index (χ4n) is 2.14. The van der Waals surface area contributed by atoms with Crippen molar-refractivity contribution in [3.63, 3.8) is 0 Å². The average molecular weight is 358 g/mol. The van der Waals surface area contributed by atoms with E-state index in [1.54, 1.807) is 48.7 Å². The third-order valence-electron chi connectivity index (χ3n) is 3.33. The minimum atomic E-state index is -3.80. The van der Waals surface area contributed by atoms with Gasteiger partial charge in [-0.15, -0.1) is 0 Å². The van der Waals surface area contributed by atoms with Crippen LogP contribution >= 0.6 is 0 Å². The normalized spacial score (nSPS) is 11.2. The van der Waals surface area contributed by atoms with Crippen molar-refractivity contribution in [2.24, 2.45) is 0 Å².